The zero-order valence-electron chi connectivity index (χ0n) is 6.10. The summed E-state index contributed by atoms with van der Waals surface area (Å²) in [5.41, 5.74) is 8.90. The van der Waals surface area contributed by atoms with Crippen LogP contribution in [0.4, 0.5) is 5.69 Å². The molecule has 2 rings (SSSR count). The number of halogens is 1. The highest BCUT2D eigenvalue weighted by Gasteiger charge is 2.15. The summed E-state index contributed by atoms with van der Waals surface area (Å²) < 4.78 is 0. The van der Waals surface area contributed by atoms with E-state index in [1.54, 1.807) is 0 Å². The molecule has 0 amide bonds. The predicted octanol–water partition coefficient (Wildman–Crippen LogP) is 1.81. The minimum atomic E-state index is 0.450. The van der Waals surface area contributed by atoms with Crippen molar-refractivity contribution in [2.45, 2.75) is 19.3 Å². The Balaban J connectivity index is 2.62. The molecule has 0 saturated heterocycles. The van der Waals surface area contributed by atoms with Crippen LogP contribution in [0, 0.1) is 0 Å². The first-order valence-corrected chi connectivity index (χ1v) is 4.08. The maximum atomic E-state index is 5.76. The maximum absolute atomic E-state index is 5.76. The Labute approximate surface area is 70.4 Å². The molecule has 1 heterocycles. The first-order chi connectivity index (χ1) is 5.29. The Bertz CT molecular complexity index is 296. The Hall–Kier alpha value is -0.760. The van der Waals surface area contributed by atoms with Crippen molar-refractivity contribution in [3.05, 3.63) is 22.5 Å². The van der Waals surface area contributed by atoms with Crippen LogP contribution in [-0.2, 0) is 12.8 Å². The first kappa shape index (κ1) is 6.92. The second-order valence-corrected chi connectivity index (χ2v) is 3.18. The smallest absolute Gasteiger partial charge is 0.152 e. The molecule has 0 aliphatic heterocycles. The monoisotopic (exact) mass is 168 g/mol. The second-order valence-electron chi connectivity index (χ2n) is 2.82. The number of nitrogens with two attached hydrogens (primary N) is 1. The van der Waals surface area contributed by atoms with E-state index < -0.39 is 0 Å². The van der Waals surface area contributed by atoms with E-state index in [4.69, 9.17) is 17.3 Å². The van der Waals surface area contributed by atoms with Gasteiger partial charge in [-0.3, -0.25) is 0 Å². The van der Waals surface area contributed by atoms with E-state index in [0.717, 1.165) is 12.8 Å². The van der Waals surface area contributed by atoms with Crippen molar-refractivity contribution in [2.75, 3.05) is 5.73 Å². The quantitative estimate of drug-likeness (QED) is 0.600. The fourth-order valence-corrected chi connectivity index (χ4v) is 1.71. The Morgan fingerprint density at radius 2 is 2.27 bits per heavy atom. The third-order valence-electron chi connectivity index (χ3n) is 2.14. The van der Waals surface area contributed by atoms with Crippen LogP contribution in [0.2, 0.25) is 5.15 Å². The van der Waals surface area contributed by atoms with Crippen molar-refractivity contribution < 1.29 is 0 Å². The van der Waals surface area contributed by atoms with Crippen molar-refractivity contribution >= 4 is 17.3 Å². The highest BCUT2D eigenvalue weighted by molar-refractivity contribution is 6.32. The predicted molar refractivity (Wildman–Crippen MR) is 45.7 cm³/mol. The Morgan fingerprint density at radius 1 is 1.45 bits per heavy atom. The molecule has 0 atom stereocenters. The van der Waals surface area contributed by atoms with Gasteiger partial charge in [0.1, 0.15) is 0 Å². The molecule has 1 aliphatic carbocycles. The van der Waals surface area contributed by atoms with Gasteiger partial charge in [0.2, 0.25) is 0 Å². The summed E-state index contributed by atoms with van der Waals surface area (Å²) in [4.78, 5) is 3.99. The van der Waals surface area contributed by atoms with Gasteiger partial charge in [-0.25, -0.2) is 4.98 Å². The van der Waals surface area contributed by atoms with Gasteiger partial charge in [-0.1, -0.05) is 11.6 Å². The lowest BCUT2D eigenvalue weighted by atomic mass is 10.1. The summed E-state index contributed by atoms with van der Waals surface area (Å²) in [5.74, 6) is 0. The second kappa shape index (κ2) is 2.38. The van der Waals surface area contributed by atoms with Gasteiger partial charge in [-0.2, -0.15) is 0 Å². The minimum absolute atomic E-state index is 0.450. The van der Waals surface area contributed by atoms with Gasteiger partial charge in [0.05, 0.1) is 5.69 Å². The normalized spacial score (nSPS) is 15.0. The lowest BCUT2D eigenvalue weighted by Gasteiger charge is -2.03. The minimum Gasteiger partial charge on any atom is -0.396 e. The van der Waals surface area contributed by atoms with E-state index in [1.165, 1.54) is 17.5 Å². The fraction of sp³-hybridized carbons (Fsp3) is 0.375. The number of aryl methyl sites for hydroxylation is 1. The molecular formula is C8H9ClN2. The number of fused-ring (bicyclic) bond motifs is 1. The fourth-order valence-electron chi connectivity index (χ4n) is 1.55. The van der Waals surface area contributed by atoms with E-state index in [1.807, 2.05) is 6.20 Å². The van der Waals surface area contributed by atoms with Gasteiger partial charge in [-0.05, 0) is 30.4 Å². The summed E-state index contributed by atoms with van der Waals surface area (Å²) in [6.07, 6.45) is 5.18. The molecule has 1 aliphatic rings. The number of nitrogen functional groups attached to an aromatic ring is 1. The van der Waals surface area contributed by atoms with E-state index in [2.05, 4.69) is 4.98 Å². The van der Waals surface area contributed by atoms with Crippen LogP contribution in [0.5, 0.6) is 0 Å². The van der Waals surface area contributed by atoms with Crippen molar-refractivity contribution in [2.24, 2.45) is 0 Å². The summed E-state index contributed by atoms with van der Waals surface area (Å²) in [6.45, 7) is 0. The molecule has 0 spiro atoms. The lowest BCUT2D eigenvalue weighted by molar-refractivity contribution is 0.911. The number of hydrogen-bond donors (Lipinski definition) is 1. The number of hydrogen-bond acceptors (Lipinski definition) is 2. The molecule has 2 N–H and O–H groups in total. The van der Waals surface area contributed by atoms with Gasteiger partial charge >= 0.3 is 0 Å². The molecule has 1 aromatic rings. The van der Waals surface area contributed by atoms with Crippen LogP contribution in [0.3, 0.4) is 0 Å². The number of anilines is 1. The van der Waals surface area contributed by atoms with E-state index >= 15 is 0 Å². The average Bonchev–Trinajstić information content (AvgIpc) is 2.45. The molecule has 3 heteroatoms. The molecule has 58 valence electrons. The summed E-state index contributed by atoms with van der Waals surface area (Å²) >= 11 is 5.76. The lowest BCUT2D eigenvalue weighted by Crippen LogP contribution is -1.96. The molecule has 0 fully saturated rings. The standard InChI is InChI=1S/C8H9ClN2/c9-8-7(10)6-3-1-2-5(6)4-11-8/h4H,1-3,10H2. The number of rotatable bonds is 0. The number of aromatic nitrogens is 1. The van der Waals surface area contributed by atoms with E-state index in [0.29, 0.717) is 10.8 Å². The molecule has 0 bridgehead atoms. The van der Waals surface area contributed by atoms with Crippen LogP contribution in [0.1, 0.15) is 17.5 Å². The highest BCUT2D eigenvalue weighted by Crippen LogP contribution is 2.30. The molecule has 0 unspecified atom stereocenters. The zero-order chi connectivity index (χ0) is 7.84. The maximum Gasteiger partial charge on any atom is 0.152 e. The van der Waals surface area contributed by atoms with Gasteiger partial charge in [0.25, 0.3) is 0 Å². The van der Waals surface area contributed by atoms with Gasteiger partial charge < -0.3 is 5.73 Å². The van der Waals surface area contributed by atoms with Crippen LogP contribution in [0.25, 0.3) is 0 Å². The Kier molecular flexibility index (Phi) is 1.50. The van der Waals surface area contributed by atoms with Crippen LogP contribution >= 0.6 is 11.6 Å². The number of pyridine rings is 1. The summed E-state index contributed by atoms with van der Waals surface area (Å²) in [7, 11) is 0. The van der Waals surface area contributed by atoms with Crippen LogP contribution in [-0.4, -0.2) is 4.98 Å². The molecular weight excluding hydrogens is 160 g/mol. The topological polar surface area (TPSA) is 38.9 Å². The third kappa shape index (κ3) is 0.979. The Morgan fingerprint density at radius 3 is 3.09 bits per heavy atom. The molecule has 0 radical (unpaired) electrons. The van der Waals surface area contributed by atoms with Crippen molar-refractivity contribution in [1.82, 2.24) is 4.98 Å². The van der Waals surface area contributed by atoms with Crippen LogP contribution in [0.15, 0.2) is 6.20 Å². The molecule has 11 heavy (non-hydrogen) atoms. The molecule has 1 aromatic heterocycles. The molecule has 0 saturated carbocycles. The first-order valence-electron chi connectivity index (χ1n) is 3.71. The third-order valence-corrected chi connectivity index (χ3v) is 2.44. The largest absolute Gasteiger partial charge is 0.396 e. The van der Waals surface area contributed by atoms with E-state index in [9.17, 15) is 0 Å². The van der Waals surface area contributed by atoms with Gasteiger partial charge in [-0.15, -0.1) is 0 Å². The van der Waals surface area contributed by atoms with Crippen molar-refractivity contribution in [3.8, 4) is 0 Å². The van der Waals surface area contributed by atoms with Crippen molar-refractivity contribution in [3.63, 3.8) is 0 Å². The van der Waals surface area contributed by atoms with Crippen molar-refractivity contribution in [1.29, 1.82) is 0 Å². The molecule has 2 nitrogen and oxygen atoms in total. The van der Waals surface area contributed by atoms with E-state index in [-0.39, 0.29) is 0 Å². The summed E-state index contributed by atoms with van der Waals surface area (Å²) in [6, 6.07) is 0. The van der Waals surface area contributed by atoms with Gasteiger partial charge in [0, 0.05) is 6.20 Å². The van der Waals surface area contributed by atoms with Gasteiger partial charge in [0.15, 0.2) is 5.15 Å². The average molecular weight is 169 g/mol. The summed E-state index contributed by atoms with van der Waals surface area (Å²) in [5, 5.41) is 0.450. The SMILES string of the molecule is Nc1c(Cl)ncc2c1CCC2. The number of nitrogens with zero attached hydrogens (tertiary/aromatic N) is 1. The zero-order valence-corrected chi connectivity index (χ0v) is 6.86. The van der Waals surface area contributed by atoms with Crippen LogP contribution < -0.4 is 5.73 Å². The highest BCUT2D eigenvalue weighted by atomic mass is 35.5. The molecule has 0 aromatic carbocycles.